The van der Waals surface area contributed by atoms with Crippen LogP contribution in [0, 0.1) is 5.92 Å². The van der Waals surface area contributed by atoms with E-state index in [4.69, 9.17) is 4.79 Å². The molecule has 0 radical (unpaired) electrons. The first-order valence-corrected chi connectivity index (χ1v) is 7.80. The Kier molecular flexibility index (Phi) is 17.1. The number of methoxy groups -OCH3 is 2. The fourth-order valence-corrected chi connectivity index (χ4v) is 2.04. The summed E-state index contributed by atoms with van der Waals surface area (Å²) in [5.41, 5.74) is 0. The molecule has 0 spiro atoms. The molecule has 23 heavy (non-hydrogen) atoms. The van der Waals surface area contributed by atoms with Crippen molar-refractivity contribution in [2.24, 2.45) is 5.92 Å². The van der Waals surface area contributed by atoms with Crippen LogP contribution in [0.2, 0.25) is 0 Å². The van der Waals surface area contributed by atoms with Gasteiger partial charge in [-0.05, 0) is 38.6 Å². The van der Waals surface area contributed by atoms with Crippen LogP contribution in [0.25, 0.3) is 0 Å². The van der Waals surface area contributed by atoms with E-state index in [-0.39, 0.29) is 6.42 Å². The van der Waals surface area contributed by atoms with Crippen molar-refractivity contribution >= 4 is 18.7 Å². The van der Waals surface area contributed by atoms with Crippen molar-refractivity contribution in [2.75, 3.05) is 21.3 Å². The summed E-state index contributed by atoms with van der Waals surface area (Å²) in [6, 6.07) is -0.623. The summed E-state index contributed by atoms with van der Waals surface area (Å²) in [6.45, 7) is 4.36. The topological polar surface area (TPSA) is 81.7 Å². The van der Waals surface area contributed by atoms with Crippen molar-refractivity contribution in [3.05, 3.63) is 12.2 Å². The fraction of sp³-hybridized carbons (Fsp3) is 0.706. The minimum atomic E-state index is -0.623. The number of nitrogens with one attached hydrogen (secondary N) is 1. The van der Waals surface area contributed by atoms with Crippen molar-refractivity contribution in [3.63, 3.8) is 0 Å². The molecule has 0 aromatic carbocycles. The zero-order chi connectivity index (χ0) is 18.1. The normalized spacial score (nSPS) is 19.2. The Labute approximate surface area is 139 Å². The maximum atomic E-state index is 10.9. The average molecular weight is 329 g/mol. The highest BCUT2D eigenvalue weighted by Gasteiger charge is 2.20. The summed E-state index contributed by atoms with van der Waals surface area (Å²) in [6.07, 6.45) is 11.5. The van der Waals surface area contributed by atoms with Crippen LogP contribution >= 0.6 is 0 Å². The molecule has 0 amide bonds. The molecule has 6 heteroatoms. The number of likely N-dealkylation sites (N-methyl/N-ethyl adjacent to an activating group) is 1. The van der Waals surface area contributed by atoms with Gasteiger partial charge in [-0.1, -0.05) is 25.5 Å². The van der Waals surface area contributed by atoms with Gasteiger partial charge in [-0.15, -0.1) is 0 Å². The van der Waals surface area contributed by atoms with Crippen LogP contribution in [0.5, 0.6) is 0 Å². The molecule has 1 N–H and O–H groups in total. The van der Waals surface area contributed by atoms with Gasteiger partial charge in [0.2, 0.25) is 0 Å². The Hall–Kier alpha value is -1.69. The van der Waals surface area contributed by atoms with E-state index >= 15 is 0 Å². The van der Waals surface area contributed by atoms with Crippen molar-refractivity contribution < 1.29 is 23.9 Å². The lowest BCUT2D eigenvalue weighted by molar-refractivity contribution is -0.149. The smallest absolute Gasteiger partial charge is 0.323 e. The van der Waals surface area contributed by atoms with Crippen LogP contribution in [-0.4, -0.2) is 46.0 Å². The molecule has 1 aliphatic carbocycles. The van der Waals surface area contributed by atoms with Crippen molar-refractivity contribution in [1.82, 2.24) is 5.32 Å². The molecule has 1 aliphatic rings. The highest BCUT2D eigenvalue weighted by Crippen LogP contribution is 2.17. The number of rotatable bonds is 4. The summed E-state index contributed by atoms with van der Waals surface area (Å²) < 4.78 is 8.83. The van der Waals surface area contributed by atoms with Crippen LogP contribution in [0.3, 0.4) is 0 Å². The second-order valence-electron chi connectivity index (χ2n) is 5.23. The predicted molar refractivity (Wildman–Crippen MR) is 90.0 cm³/mol. The summed E-state index contributed by atoms with van der Waals surface area (Å²) in [4.78, 5) is 29.6. The van der Waals surface area contributed by atoms with Crippen LogP contribution in [-0.2, 0) is 23.9 Å². The van der Waals surface area contributed by atoms with Gasteiger partial charge in [-0.2, -0.15) is 0 Å². The minimum Gasteiger partial charge on any atom is -0.469 e. The van der Waals surface area contributed by atoms with E-state index in [9.17, 15) is 9.59 Å². The molecule has 0 saturated carbocycles. The summed E-state index contributed by atoms with van der Waals surface area (Å²) in [5, 5.41) is 2.64. The molecule has 0 bridgehead atoms. The van der Waals surface area contributed by atoms with E-state index in [2.05, 4.69) is 33.9 Å². The fourth-order valence-electron chi connectivity index (χ4n) is 2.04. The molecule has 1 rings (SSSR count). The quantitative estimate of drug-likeness (QED) is 0.629. The Morgan fingerprint density at radius 3 is 2.30 bits per heavy atom. The first-order valence-electron chi connectivity index (χ1n) is 7.80. The molecule has 134 valence electrons. The zero-order valence-electron chi connectivity index (χ0n) is 14.8. The van der Waals surface area contributed by atoms with Crippen LogP contribution in [0.4, 0.5) is 0 Å². The molecular formula is C17H31NO5. The third kappa shape index (κ3) is 13.7. The summed E-state index contributed by atoms with van der Waals surface area (Å²) in [7, 11) is 4.11. The molecule has 0 aromatic heterocycles. The Bertz CT molecular complexity index is 344. The monoisotopic (exact) mass is 329 g/mol. The van der Waals surface area contributed by atoms with E-state index < -0.39 is 18.0 Å². The first kappa shape index (κ1) is 23.6. The molecule has 0 heterocycles. The number of hydrogen-bond donors (Lipinski definition) is 1. The summed E-state index contributed by atoms with van der Waals surface area (Å²) >= 11 is 0. The Balaban J connectivity index is 0. The van der Waals surface area contributed by atoms with Gasteiger partial charge in [-0.3, -0.25) is 9.59 Å². The molecule has 0 saturated heterocycles. The molecule has 2 atom stereocenters. The highest BCUT2D eigenvalue weighted by atomic mass is 16.5. The number of carbonyl (C=O) groups is 3. The van der Waals surface area contributed by atoms with Gasteiger partial charge in [0, 0.05) is 0 Å². The zero-order valence-corrected chi connectivity index (χ0v) is 14.8. The summed E-state index contributed by atoms with van der Waals surface area (Å²) in [5.74, 6) is 0.0533. The highest BCUT2D eigenvalue weighted by molar-refractivity contribution is 5.82. The van der Waals surface area contributed by atoms with E-state index in [1.54, 1.807) is 7.05 Å². The van der Waals surface area contributed by atoms with Crippen LogP contribution in [0.15, 0.2) is 12.2 Å². The van der Waals surface area contributed by atoms with Crippen LogP contribution in [0.1, 0.15) is 45.4 Å². The van der Waals surface area contributed by atoms with Gasteiger partial charge in [0.25, 0.3) is 0 Å². The lowest BCUT2D eigenvalue weighted by Gasteiger charge is -2.11. The number of carbonyl (C=O) groups excluding carboxylic acids is 3. The third-order valence-corrected chi connectivity index (χ3v) is 3.49. The Morgan fingerprint density at radius 1 is 1.17 bits per heavy atom. The minimum absolute atomic E-state index is 0.0142. The average Bonchev–Trinajstić information content (AvgIpc) is 2.57. The van der Waals surface area contributed by atoms with Gasteiger partial charge in [0.1, 0.15) is 12.8 Å². The van der Waals surface area contributed by atoms with Crippen molar-refractivity contribution in [3.8, 4) is 0 Å². The predicted octanol–water partition coefficient (Wildman–Crippen LogP) is 2.27. The third-order valence-electron chi connectivity index (χ3n) is 3.49. The molecule has 2 unspecified atom stereocenters. The molecular weight excluding hydrogens is 298 g/mol. The SMILES string of the molecule is C=O.CC1CC/C=C/CCC1.CNC(CC(=O)OC)C(=O)OC. The maximum absolute atomic E-state index is 10.9. The van der Waals surface area contributed by atoms with Crippen molar-refractivity contribution in [1.29, 1.82) is 0 Å². The van der Waals surface area contributed by atoms with Gasteiger partial charge in [0.15, 0.2) is 0 Å². The van der Waals surface area contributed by atoms with Gasteiger partial charge in [0.05, 0.1) is 20.6 Å². The van der Waals surface area contributed by atoms with E-state index in [0.29, 0.717) is 0 Å². The molecule has 0 aliphatic heterocycles. The molecule has 0 fully saturated rings. The molecule has 6 nitrogen and oxygen atoms in total. The maximum Gasteiger partial charge on any atom is 0.323 e. The standard InChI is InChI=1S/C9H16.C7H13NO4.CH2O/c1-9-7-5-3-2-4-6-8-9;1-8-5(7(10)12-3)4-6(9)11-2;1-2/h2-3,9H,4-8H2,1H3;5,8H,4H2,1-3H3;1H2/b3-2+;;. The van der Waals surface area contributed by atoms with Crippen molar-refractivity contribution in [2.45, 2.75) is 51.5 Å². The van der Waals surface area contributed by atoms with Gasteiger partial charge >= 0.3 is 11.9 Å². The number of esters is 2. The first-order chi connectivity index (χ1) is 11.0. The second-order valence-corrected chi connectivity index (χ2v) is 5.23. The van der Waals surface area contributed by atoms with E-state index in [1.165, 1.54) is 46.3 Å². The largest absolute Gasteiger partial charge is 0.469 e. The lowest BCUT2D eigenvalue weighted by atomic mass is 9.96. The Morgan fingerprint density at radius 2 is 1.78 bits per heavy atom. The number of ether oxygens (including phenoxy) is 2. The lowest BCUT2D eigenvalue weighted by Crippen LogP contribution is -2.37. The number of allylic oxidation sites excluding steroid dienone is 2. The van der Waals surface area contributed by atoms with E-state index in [1.807, 2.05) is 6.79 Å². The second kappa shape index (κ2) is 16.7. The van der Waals surface area contributed by atoms with Gasteiger partial charge in [-0.25, -0.2) is 0 Å². The number of hydrogen-bond acceptors (Lipinski definition) is 6. The van der Waals surface area contributed by atoms with E-state index in [0.717, 1.165) is 5.92 Å². The van der Waals surface area contributed by atoms with Gasteiger partial charge < -0.3 is 19.6 Å². The van der Waals surface area contributed by atoms with Crippen LogP contribution < -0.4 is 5.32 Å². The molecule has 0 aromatic rings.